The van der Waals surface area contributed by atoms with Crippen LogP contribution in [0, 0.1) is 6.92 Å². The van der Waals surface area contributed by atoms with E-state index in [-0.39, 0.29) is 0 Å². The molecule has 4 nitrogen and oxygen atoms in total. The number of halogens is 2. The largest absolute Gasteiger partial charge is 0.339 e. The predicted molar refractivity (Wildman–Crippen MR) is 108 cm³/mol. The molecule has 1 aliphatic rings. The summed E-state index contributed by atoms with van der Waals surface area (Å²) in [7, 11) is 0. The van der Waals surface area contributed by atoms with E-state index in [1.165, 1.54) is 11.1 Å². The molecule has 2 aromatic carbocycles. The van der Waals surface area contributed by atoms with Crippen molar-refractivity contribution in [2.24, 2.45) is 0 Å². The summed E-state index contributed by atoms with van der Waals surface area (Å²) in [5.41, 5.74) is 4.41. The zero-order valence-electron chi connectivity index (χ0n) is 14.3. The number of nitrogens with one attached hydrogen (secondary N) is 1. The smallest absolute Gasteiger partial charge is 0.227 e. The van der Waals surface area contributed by atoms with E-state index < -0.39 is 0 Å². The highest BCUT2D eigenvalue weighted by Gasteiger charge is 2.19. The summed E-state index contributed by atoms with van der Waals surface area (Å²) < 4.78 is 0. The number of hydrogen-bond donors (Lipinski definition) is 1. The maximum Gasteiger partial charge on any atom is 0.227 e. The Morgan fingerprint density at radius 1 is 1.00 bits per heavy atom. The summed E-state index contributed by atoms with van der Waals surface area (Å²) in [6.07, 6.45) is 0.999. The summed E-state index contributed by atoms with van der Waals surface area (Å²) >= 11 is 12.2. The van der Waals surface area contributed by atoms with Crippen molar-refractivity contribution in [2.45, 2.75) is 19.9 Å². The number of rotatable bonds is 3. The first-order chi connectivity index (χ1) is 12.6. The Hall–Kier alpha value is -2.30. The van der Waals surface area contributed by atoms with Gasteiger partial charge in [0.1, 0.15) is 5.82 Å². The van der Waals surface area contributed by atoms with Gasteiger partial charge in [-0.05, 0) is 42.7 Å². The Morgan fingerprint density at radius 3 is 2.62 bits per heavy atom. The number of hydrogen-bond acceptors (Lipinski definition) is 4. The van der Waals surface area contributed by atoms with E-state index in [0.717, 1.165) is 42.7 Å². The number of aromatic nitrogens is 2. The summed E-state index contributed by atoms with van der Waals surface area (Å²) in [5, 5.41) is 4.43. The van der Waals surface area contributed by atoms with Gasteiger partial charge in [0, 0.05) is 29.9 Å². The zero-order chi connectivity index (χ0) is 18.1. The van der Waals surface area contributed by atoms with Crippen LogP contribution in [0.4, 0.5) is 17.5 Å². The minimum atomic E-state index is 0.558. The van der Waals surface area contributed by atoms with Gasteiger partial charge in [0.2, 0.25) is 5.95 Å². The quantitative estimate of drug-likeness (QED) is 0.656. The van der Waals surface area contributed by atoms with E-state index in [0.29, 0.717) is 10.0 Å². The van der Waals surface area contributed by atoms with Crippen molar-refractivity contribution in [3.05, 3.63) is 75.4 Å². The summed E-state index contributed by atoms with van der Waals surface area (Å²) in [5.74, 6) is 1.45. The normalized spacial score (nSPS) is 13.4. The minimum Gasteiger partial charge on any atom is -0.339 e. The molecule has 6 heteroatoms. The molecule has 0 spiro atoms. The predicted octanol–water partition coefficient (Wildman–Crippen LogP) is 5.40. The third kappa shape index (κ3) is 3.62. The lowest BCUT2D eigenvalue weighted by Crippen LogP contribution is -2.32. The van der Waals surface area contributed by atoms with Gasteiger partial charge in [0.05, 0.1) is 10.7 Å². The van der Waals surface area contributed by atoms with Crippen molar-refractivity contribution in [2.75, 3.05) is 16.8 Å². The van der Waals surface area contributed by atoms with E-state index in [1.807, 2.05) is 19.1 Å². The van der Waals surface area contributed by atoms with Gasteiger partial charge in [0.15, 0.2) is 0 Å². The van der Waals surface area contributed by atoms with Gasteiger partial charge >= 0.3 is 0 Å². The lowest BCUT2D eigenvalue weighted by atomic mass is 10.0. The van der Waals surface area contributed by atoms with Crippen molar-refractivity contribution in [3.8, 4) is 0 Å². The van der Waals surface area contributed by atoms with Gasteiger partial charge in [-0.2, -0.15) is 4.98 Å². The molecule has 1 N–H and O–H groups in total. The highest BCUT2D eigenvalue weighted by molar-refractivity contribution is 6.36. The first-order valence-electron chi connectivity index (χ1n) is 8.48. The van der Waals surface area contributed by atoms with Crippen LogP contribution in [0.5, 0.6) is 0 Å². The van der Waals surface area contributed by atoms with Gasteiger partial charge in [-0.3, -0.25) is 0 Å². The fourth-order valence-corrected chi connectivity index (χ4v) is 3.61. The first kappa shape index (κ1) is 17.1. The van der Waals surface area contributed by atoms with Crippen molar-refractivity contribution in [1.29, 1.82) is 0 Å². The maximum atomic E-state index is 6.26. The van der Waals surface area contributed by atoms with Crippen LogP contribution in [0.25, 0.3) is 0 Å². The second kappa shape index (κ2) is 7.14. The molecule has 2 heterocycles. The van der Waals surface area contributed by atoms with Crippen LogP contribution in [-0.4, -0.2) is 16.5 Å². The van der Waals surface area contributed by atoms with Gasteiger partial charge in [-0.15, -0.1) is 0 Å². The topological polar surface area (TPSA) is 41.1 Å². The average molecular weight is 385 g/mol. The molecule has 4 rings (SSSR count). The number of fused-ring (bicyclic) bond motifs is 1. The second-order valence-electron chi connectivity index (χ2n) is 6.38. The Bertz CT molecular complexity index is 958. The Labute approximate surface area is 162 Å². The number of benzene rings is 2. The minimum absolute atomic E-state index is 0.558. The molecular weight excluding hydrogens is 367 g/mol. The van der Waals surface area contributed by atoms with E-state index in [2.05, 4.69) is 39.5 Å². The molecule has 0 saturated heterocycles. The van der Waals surface area contributed by atoms with E-state index in [1.54, 1.807) is 12.1 Å². The monoisotopic (exact) mass is 384 g/mol. The first-order valence-corrected chi connectivity index (χ1v) is 9.23. The van der Waals surface area contributed by atoms with Crippen LogP contribution < -0.4 is 10.2 Å². The Balaban J connectivity index is 1.61. The third-order valence-corrected chi connectivity index (χ3v) is 5.00. The summed E-state index contributed by atoms with van der Waals surface area (Å²) in [4.78, 5) is 11.5. The van der Waals surface area contributed by atoms with Crippen LogP contribution in [0.2, 0.25) is 10.0 Å². The van der Waals surface area contributed by atoms with Crippen LogP contribution in [0.3, 0.4) is 0 Å². The molecule has 3 aromatic rings. The molecule has 0 aliphatic carbocycles. The zero-order valence-corrected chi connectivity index (χ0v) is 15.8. The molecule has 0 saturated carbocycles. The highest BCUT2D eigenvalue weighted by Crippen LogP contribution is 2.29. The molecule has 1 aliphatic heterocycles. The third-order valence-electron chi connectivity index (χ3n) is 4.45. The van der Waals surface area contributed by atoms with Gasteiger partial charge in [-0.25, -0.2) is 4.98 Å². The molecular formula is C20H18Cl2N4. The summed E-state index contributed by atoms with van der Waals surface area (Å²) in [6.45, 7) is 3.69. The van der Waals surface area contributed by atoms with E-state index >= 15 is 0 Å². The Morgan fingerprint density at radius 2 is 1.81 bits per heavy atom. The fourth-order valence-electron chi connectivity index (χ4n) is 3.15. The maximum absolute atomic E-state index is 6.26. The van der Waals surface area contributed by atoms with Crippen molar-refractivity contribution < 1.29 is 0 Å². The van der Waals surface area contributed by atoms with Crippen molar-refractivity contribution in [1.82, 2.24) is 9.97 Å². The van der Waals surface area contributed by atoms with Crippen molar-refractivity contribution in [3.63, 3.8) is 0 Å². The molecule has 0 amide bonds. The van der Waals surface area contributed by atoms with E-state index in [4.69, 9.17) is 28.2 Å². The molecule has 0 bridgehead atoms. The van der Waals surface area contributed by atoms with Gasteiger partial charge in [0.25, 0.3) is 0 Å². The molecule has 0 atom stereocenters. The second-order valence-corrected chi connectivity index (χ2v) is 7.23. The lowest BCUT2D eigenvalue weighted by Gasteiger charge is -2.29. The van der Waals surface area contributed by atoms with Crippen LogP contribution in [0.1, 0.15) is 16.8 Å². The molecule has 26 heavy (non-hydrogen) atoms. The van der Waals surface area contributed by atoms with E-state index in [9.17, 15) is 0 Å². The summed E-state index contributed by atoms with van der Waals surface area (Å²) in [6, 6.07) is 15.8. The Kier molecular flexibility index (Phi) is 4.70. The highest BCUT2D eigenvalue weighted by atomic mass is 35.5. The molecule has 132 valence electrons. The number of aryl methyl sites for hydroxylation is 1. The molecule has 0 radical (unpaired) electrons. The van der Waals surface area contributed by atoms with Crippen LogP contribution in [-0.2, 0) is 13.0 Å². The van der Waals surface area contributed by atoms with Crippen LogP contribution in [0.15, 0.2) is 48.5 Å². The number of anilines is 3. The standard InChI is InChI=1S/C20H18Cl2N4/c1-13-10-19(24-18-7-6-16(21)11-17(18)22)25-20(23-13)26-9-8-14-4-2-3-5-15(14)12-26/h2-7,10-11H,8-9,12H2,1H3,(H,23,24,25). The fraction of sp³-hybridized carbons (Fsp3) is 0.200. The lowest BCUT2D eigenvalue weighted by molar-refractivity contribution is 0.706. The average Bonchev–Trinajstić information content (AvgIpc) is 2.63. The molecule has 0 fully saturated rings. The van der Waals surface area contributed by atoms with Gasteiger partial charge < -0.3 is 10.2 Å². The van der Waals surface area contributed by atoms with Gasteiger partial charge in [-0.1, -0.05) is 47.5 Å². The number of nitrogens with zero attached hydrogens (tertiary/aromatic N) is 3. The molecule has 1 aromatic heterocycles. The van der Waals surface area contributed by atoms with Crippen LogP contribution >= 0.6 is 23.2 Å². The molecule has 0 unspecified atom stereocenters. The SMILES string of the molecule is Cc1cc(Nc2ccc(Cl)cc2Cl)nc(N2CCc3ccccc3C2)n1. The van der Waals surface area contributed by atoms with Crippen molar-refractivity contribution >= 4 is 40.7 Å².